The van der Waals surface area contributed by atoms with Gasteiger partial charge < -0.3 is 14.8 Å². The van der Waals surface area contributed by atoms with Crippen molar-refractivity contribution in [3.8, 4) is 5.75 Å². The van der Waals surface area contributed by atoms with E-state index in [4.69, 9.17) is 9.47 Å². The van der Waals surface area contributed by atoms with Crippen LogP contribution in [0, 0.1) is 0 Å². The Balaban J connectivity index is 1.96. The minimum Gasteiger partial charge on any atom is -0.489 e. The molecule has 1 aromatic rings. The summed E-state index contributed by atoms with van der Waals surface area (Å²) in [5.74, 6) is 1.28. The molecule has 1 aliphatic heterocycles. The quantitative estimate of drug-likeness (QED) is 0.871. The number of carbonyl (C=O) groups excluding carboxylic acids is 1. The number of rotatable bonds is 4. The van der Waals surface area contributed by atoms with E-state index in [2.05, 4.69) is 25.2 Å². The topological polar surface area (TPSA) is 47.6 Å². The average Bonchev–Trinajstić information content (AvgIpc) is 2.73. The number of ether oxygens (including phenoxy) is 2. The van der Waals surface area contributed by atoms with Gasteiger partial charge in [-0.15, -0.1) is 0 Å². The number of amides is 1. The Morgan fingerprint density at radius 1 is 1.47 bits per heavy atom. The van der Waals surface area contributed by atoms with Crippen LogP contribution in [0.5, 0.6) is 5.75 Å². The summed E-state index contributed by atoms with van der Waals surface area (Å²) in [5, 5.41) is 2.60. The molecule has 1 aromatic carbocycles. The third-order valence-electron chi connectivity index (χ3n) is 2.71. The normalized spacial score (nSPS) is 19.0. The molecule has 1 heterocycles. The second-order valence-corrected chi connectivity index (χ2v) is 4.41. The fraction of sp³-hybridized carbons (Fsp3) is 0.462. The average molecular weight is 235 g/mol. The summed E-state index contributed by atoms with van der Waals surface area (Å²) in [6, 6.07) is 7.94. The molecule has 1 aliphatic rings. The van der Waals surface area contributed by atoms with Crippen LogP contribution in [0.2, 0.25) is 0 Å². The van der Waals surface area contributed by atoms with Crippen molar-refractivity contribution >= 4 is 6.09 Å². The Hall–Kier alpha value is -1.71. The third-order valence-corrected chi connectivity index (χ3v) is 2.71. The molecule has 1 amide bonds. The van der Waals surface area contributed by atoms with Crippen molar-refractivity contribution < 1.29 is 14.3 Å². The van der Waals surface area contributed by atoms with Gasteiger partial charge >= 0.3 is 6.09 Å². The molecule has 2 rings (SSSR count). The highest BCUT2D eigenvalue weighted by Crippen LogP contribution is 2.26. The fourth-order valence-corrected chi connectivity index (χ4v) is 1.80. The molecule has 1 N–H and O–H groups in total. The Kier molecular flexibility index (Phi) is 3.52. The lowest BCUT2D eigenvalue weighted by atomic mass is 10.0. The van der Waals surface area contributed by atoms with Crippen molar-refractivity contribution in [2.45, 2.75) is 25.9 Å². The number of alkyl carbamates (subject to hydrolysis) is 1. The number of hydrogen-bond acceptors (Lipinski definition) is 3. The van der Waals surface area contributed by atoms with Gasteiger partial charge in [-0.1, -0.05) is 32.0 Å². The minimum atomic E-state index is -0.365. The largest absolute Gasteiger partial charge is 0.489 e. The predicted octanol–water partition coefficient (Wildman–Crippen LogP) is 2.30. The zero-order valence-electron chi connectivity index (χ0n) is 10.1. The van der Waals surface area contributed by atoms with Gasteiger partial charge in [-0.25, -0.2) is 4.79 Å². The summed E-state index contributed by atoms with van der Waals surface area (Å²) in [6.07, 6.45) is -0.557. The van der Waals surface area contributed by atoms with E-state index in [0.29, 0.717) is 19.1 Å². The van der Waals surface area contributed by atoms with Crippen LogP contribution in [0.4, 0.5) is 4.79 Å². The van der Waals surface area contributed by atoms with Gasteiger partial charge in [0.2, 0.25) is 0 Å². The van der Waals surface area contributed by atoms with Crippen LogP contribution in [0.3, 0.4) is 0 Å². The number of hydrogen-bond donors (Lipinski definition) is 1. The molecule has 1 unspecified atom stereocenters. The maximum absolute atomic E-state index is 10.9. The Labute approximate surface area is 101 Å². The van der Waals surface area contributed by atoms with Gasteiger partial charge in [-0.3, -0.25) is 0 Å². The lowest BCUT2D eigenvalue weighted by Crippen LogP contribution is -2.22. The Morgan fingerprint density at radius 3 is 2.88 bits per heavy atom. The maximum Gasteiger partial charge on any atom is 0.407 e. The zero-order chi connectivity index (χ0) is 12.3. The summed E-state index contributed by atoms with van der Waals surface area (Å²) in [6.45, 7) is 5.16. The van der Waals surface area contributed by atoms with Gasteiger partial charge in [0, 0.05) is 0 Å². The molecular weight excluding hydrogens is 218 g/mol. The van der Waals surface area contributed by atoms with Gasteiger partial charge in [0.15, 0.2) is 6.10 Å². The van der Waals surface area contributed by atoms with Crippen LogP contribution in [0.1, 0.15) is 25.3 Å². The zero-order valence-corrected chi connectivity index (χ0v) is 10.1. The number of carbonyl (C=O) groups is 1. The molecule has 0 aromatic heterocycles. The lowest BCUT2D eigenvalue weighted by Gasteiger charge is -2.15. The first-order valence-corrected chi connectivity index (χ1v) is 5.83. The standard InChI is InChI=1S/C13H17NO3/c1-9(2)11-5-3-4-6-12(11)16-8-10-7-14-13(15)17-10/h3-6,9-10H,7-8H2,1-2H3,(H,14,15). The summed E-state index contributed by atoms with van der Waals surface area (Å²) < 4.78 is 10.7. The van der Waals surface area contributed by atoms with E-state index < -0.39 is 0 Å². The molecule has 0 bridgehead atoms. The van der Waals surface area contributed by atoms with E-state index in [1.165, 1.54) is 5.56 Å². The van der Waals surface area contributed by atoms with E-state index in [9.17, 15) is 4.79 Å². The molecule has 1 fully saturated rings. The molecule has 0 spiro atoms. The smallest absolute Gasteiger partial charge is 0.407 e. The molecule has 0 aliphatic carbocycles. The van der Waals surface area contributed by atoms with E-state index in [-0.39, 0.29) is 12.2 Å². The molecule has 1 saturated heterocycles. The lowest BCUT2D eigenvalue weighted by molar-refractivity contribution is 0.104. The van der Waals surface area contributed by atoms with E-state index in [1.807, 2.05) is 18.2 Å². The van der Waals surface area contributed by atoms with E-state index in [0.717, 1.165) is 5.75 Å². The predicted molar refractivity (Wildman–Crippen MR) is 64.3 cm³/mol. The van der Waals surface area contributed by atoms with Crippen molar-refractivity contribution in [3.05, 3.63) is 29.8 Å². The minimum absolute atomic E-state index is 0.192. The molecule has 4 nitrogen and oxygen atoms in total. The highest BCUT2D eigenvalue weighted by atomic mass is 16.6. The summed E-state index contributed by atoms with van der Waals surface area (Å²) in [4.78, 5) is 10.9. The monoisotopic (exact) mass is 235 g/mol. The van der Waals surface area contributed by atoms with Gasteiger partial charge in [0.25, 0.3) is 0 Å². The van der Waals surface area contributed by atoms with Gasteiger partial charge in [0.1, 0.15) is 12.4 Å². The molecule has 0 radical (unpaired) electrons. The fourth-order valence-electron chi connectivity index (χ4n) is 1.80. The highest BCUT2D eigenvalue weighted by Gasteiger charge is 2.23. The Morgan fingerprint density at radius 2 is 2.24 bits per heavy atom. The summed E-state index contributed by atoms with van der Waals surface area (Å²) in [7, 11) is 0. The highest BCUT2D eigenvalue weighted by molar-refractivity contribution is 5.69. The van der Waals surface area contributed by atoms with Crippen LogP contribution in [0.25, 0.3) is 0 Å². The Bertz CT molecular complexity index is 403. The summed E-state index contributed by atoms with van der Waals surface area (Å²) in [5.41, 5.74) is 1.17. The molecule has 0 saturated carbocycles. The summed E-state index contributed by atoms with van der Waals surface area (Å²) >= 11 is 0. The molecular formula is C13H17NO3. The third kappa shape index (κ3) is 2.90. The number of para-hydroxylation sites is 1. The number of cyclic esters (lactones) is 1. The van der Waals surface area contributed by atoms with Crippen molar-refractivity contribution in [2.75, 3.05) is 13.2 Å². The first-order valence-electron chi connectivity index (χ1n) is 5.83. The van der Waals surface area contributed by atoms with Gasteiger partial charge in [-0.05, 0) is 17.5 Å². The SMILES string of the molecule is CC(C)c1ccccc1OCC1CNC(=O)O1. The number of benzene rings is 1. The van der Waals surface area contributed by atoms with Gasteiger partial charge in [-0.2, -0.15) is 0 Å². The van der Waals surface area contributed by atoms with Crippen molar-refractivity contribution in [2.24, 2.45) is 0 Å². The van der Waals surface area contributed by atoms with Crippen LogP contribution < -0.4 is 10.1 Å². The molecule has 92 valence electrons. The van der Waals surface area contributed by atoms with Crippen molar-refractivity contribution in [1.29, 1.82) is 0 Å². The van der Waals surface area contributed by atoms with E-state index >= 15 is 0 Å². The maximum atomic E-state index is 10.9. The van der Waals surface area contributed by atoms with Crippen LogP contribution >= 0.6 is 0 Å². The van der Waals surface area contributed by atoms with Crippen molar-refractivity contribution in [1.82, 2.24) is 5.32 Å². The van der Waals surface area contributed by atoms with Crippen molar-refractivity contribution in [3.63, 3.8) is 0 Å². The van der Waals surface area contributed by atoms with Crippen LogP contribution in [-0.4, -0.2) is 25.3 Å². The second kappa shape index (κ2) is 5.08. The van der Waals surface area contributed by atoms with Crippen LogP contribution in [-0.2, 0) is 4.74 Å². The second-order valence-electron chi connectivity index (χ2n) is 4.41. The van der Waals surface area contributed by atoms with E-state index in [1.54, 1.807) is 0 Å². The van der Waals surface area contributed by atoms with Gasteiger partial charge in [0.05, 0.1) is 6.54 Å². The first-order chi connectivity index (χ1) is 8.16. The first kappa shape index (κ1) is 11.8. The molecule has 17 heavy (non-hydrogen) atoms. The molecule has 1 atom stereocenters. The number of nitrogens with one attached hydrogen (secondary N) is 1. The van der Waals surface area contributed by atoms with Crippen LogP contribution in [0.15, 0.2) is 24.3 Å². The molecule has 4 heteroatoms.